The van der Waals surface area contributed by atoms with Crippen LogP contribution >= 0.6 is 0 Å². The van der Waals surface area contributed by atoms with Crippen molar-refractivity contribution in [2.24, 2.45) is 0 Å². The summed E-state index contributed by atoms with van der Waals surface area (Å²) in [5.41, 5.74) is 12.3. The molecule has 0 unspecified atom stereocenters. The van der Waals surface area contributed by atoms with Crippen LogP contribution in [0.4, 0.5) is 24.9 Å². The molecule has 0 spiro atoms. The maximum Gasteiger partial charge on any atom is 0.416 e. The van der Waals surface area contributed by atoms with E-state index in [0.717, 1.165) is 12.1 Å². The second-order valence-electron chi connectivity index (χ2n) is 7.77. The zero-order valence-corrected chi connectivity index (χ0v) is 17.7. The second-order valence-corrected chi connectivity index (χ2v) is 7.77. The topological polar surface area (TPSA) is 106 Å². The van der Waals surface area contributed by atoms with Crippen molar-refractivity contribution in [1.29, 1.82) is 0 Å². The Morgan fingerprint density at radius 1 is 0.882 bits per heavy atom. The third kappa shape index (κ3) is 4.40. The predicted octanol–water partition coefficient (Wildman–Crippen LogP) is 5.05. The number of halogens is 3. The van der Waals surface area contributed by atoms with Gasteiger partial charge in [-0.1, -0.05) is 30.3 Å². The van der Waals surface area contributed by atoms with Crippen LogP contribution in [-0.2, 0) is 10.9 Å². The average Bonchev–Trinajstić information content (AvgIpc) is 2.75. The third-order valence-corrected chi connectivity index (χ3v) is 5.26. The summed E-state index contributed by atoms with van der Waals surface area (Å²) in [5, 5.41) is 0.433. The lowest BCUT2D eigenvalue weighted by Crippen LogP contribution is -2.38. The summed E-state index contributed by atoms with van der Waals surface area (Å²) in [6.45, 7) is 0.798. The highest BCUT2D eigenvalue weighted by atomic mass is 19.4. The summed E-state index contributed by atoms with van der Waals surface area (Å²) in [4.78, 5) is 8.17. The van der Waals surface area contributed by atoms with Gasteiger partial charge in [0.1, 0.15) is 29.2 Å². The summed E-state index contributed by atoms with van der Waals surface area (Å²) in [6, 6.07) is 15.4. The normalized spacial score (nSPS) is 14.1. The Morgan fingerprint density at radius 2 is 1.62 bits per heavy atom. The maximum atomic E-state index is 13.6. The molecule has 174 valence electrons. The van der Waals surface area contributed by atoms with Gasteiger partial charge >= 0.3 is 6.18 Å². The molecule has 0 radical (unpaired) electrons. The highest BCUT2D eigenvalue weighted by Gasteiger charge is 2.32. The Balaban J connectivity index is 1.59. The van der Waals surface area contributed by atoms with E-state index in [-0.39, 0.29) is 29.4 Å². The molecule has 1 aromatic heterocycles. The molecule has 1 aliphatic heterocycles. The van der Waals surface area contributed by atoms with E-state index < -0.39 is 11.7 Å². The molecule has 0 bridgehead atoms. The van der Waals surface area contributed by atoms with E-state index in [2.05, 4.69) is 9.97 Å². The Kier molecular flexibility index (Phi) is 5.37. The minimum Gasteiger partial charge on any atom is -0.485 e. The van der Waals surface area contributed by atoms with Crippen molar-refractivity contribution in [3.8, 4) is 28.4 Å². The lowest BCUT2D eigenvalue weighted by Gasteiger charge is -2.27. The van der Waals surface area contributed by atoms with Gasteiger partial charge in [-0.3, -0.25) is 0 Å². The predicted molar refractivity (Wildman–Crippen MR) is 121 cm³/mol. The Morgan fingerprint density at radius 3 is 2.29 bits per heavy atom. The first-order valence-electron chi connectivity index (χ1n) is 10.3. The van der Waals surface area contributed by atoms with Gasteiger partial charge in [0.25, 0.3) is 0 Å². The Hall–Kier alpha value is -4.05. The van der Waals surface area contributed by atoms with Crippen LogP contribution < -0.4 is 20.9 Å². The fourth-order valence-electron chi connectivity index (χ4n) is 3.62. The largest absolute Gasteiger partial charge is 0.485 e. The number of hydrogen-bond donors (Lipinski definition) is 2. The van der Waals surface area contributed by atoms with Gasteiger partial charge in [-0.05, 0) is 29.3 Å². The van der Waals surface area contributed by atoms with Gasteiger partial charge in [0, 0.05) is 12.1 Å². The van der Waals surface area contributed by atoms with E-state index in [9.17, 15) is 13.2 Å². The quantitative estimate of drug-likeness (QED) is 0.422. The van der Waals surface area contributed by atoms with Gasteiger partial charge < -0.3 is 25.7 Å². The summed E-state index contributed by atoms with van der Waals surface area (Å²) in [7, 11) is 0. The number of anilines is 2. The van der Waals surface area contributed by atoms with Crippen molar-refractivity contribution in [2.45, 2.75) is 12.3 Å². The van der Waals surface area contributed by atoms with Crippen LogP contribution in [0.25, 0.3) is 22.0 Å². The van der Waals surface area contributed by atoms with Crippen LogP contribution in [0.3, 0.4) is 0 Å². The number of ether oxygens (including phenoxy) is 3. The molecule has 0 atom stereocenters. The molecule has 4 N–H and O–H groups in total. The molecular weight excluding hydrogens is 449 g/mol. The number of fused-ring (bicyclic) bond motifs is 1. The van der Waals surface area contributed by atoms with Gasteiger partial charge in [-0.15, -0.1) is 0 Å². The highest BCUT2D eigenvalue weighted by molar-refractivity contribution is 5.95. The number of nitrogen functional groups attached to an aromatic ring is 2. The van der Waals surface area contributed by atoms with Gasteiger partial charge in [0.15, 0.2) is 0 Å². The van der Waals surface area contributed by atoms with Crippen LogP contribution in [0.5, 0.6) is 17.2 Å². The highest BCUT2D eigenvalue weighted by Crippen LogP contribution is 2.40. The SMILES string of the molecule is Nc1nc(N)c2c(OC3COC3)cc(Oc3cc(-c4ccccc4)cc(C(F)(F)F)c3)cc2n1. The molecule has 10 heteroatoms. The van der Waals surface area contributed by atoms with Crippen molar-refractivity contribution < 1.29 is 27.4 Å². The van der Waals surface area contributed by atoms with E-state index in [1.54, 1.807) is 36.4 Å². The van der Waals surface area contributed by atoms with Crippen LogP contribution in [0.1, 0.15) is 5.56 Å². The summed E-state index contributed by atoms with van der Waals surface area (Å²) in [5.74, 6) is 0.605. The standard InChI is InChI=1S/C24H19F3N4O3/c25-24(26,27)15-6-14(13-4-2-1-3-5-13)7-16(8-15)33-17-9-19-21(22(28)31-23(29)30-19)20(10-17)34-18-11-32-12-18/h1-10,18H,11-12H2,(H4,28,29,30,31). The number of hydrogen-bond acceptors (Lipinski definition) is 7. The zero-order valence-electron chi connectivity index (χ0n) is 17.7. The van der Waals surface area contributed by atoms with Crippen molar-refractivity contribution in [1.82, 2.24) is 9.97 Å². The van der Waals surface area contributed by atoms with Crippen molar-refractivity contribution >= 4 is 22.7 Å². The molecular formula is C24H19F3N4O3. The molecule has 7 nitrogen and oxygen atoms in total. The second kappa shape index (κ2) is 8.38. The average molecular weight is 468 g/mol. The number of nitrogens with zero attached hydrogens (tertiary/aromatic N) is 2. The van der Waals surface area contributed by atoms with E-state index in [4.69, 9.17) is 25.7 Å². The monoisotopic (exact) mass is 468 g/mol. The molecule has 1 aliphatic rings. The van der Waals surface area contributed by atoms with E-state index in [1.807, 2.05) is 0 Å². The molecule has 34 heavy (non-hydrogen) atoms. The van der Waals surface area contributed by atoms with Gasteiger partial charge in [-0.25, -0.2) is 4.98 Å². The molecule has 2 heterocycles. The Labute approximate surface area is 192 Å². The molecule has 3 aromatic carbocycles. The molecule has 0 amide bonds. The van der Waals surface area contributed by atoms with Crippen molar-refractivity contribution in [3.63, 3.8) is 0 Å². The van der Waals surface area contributed by atoms with Crippen LogP contribution in [-0.4, -0.2) is 29.3 Å². The molecule has 5 rings (SSSR count). The van der Waals surface area contributed by atoms with Crippen molar-refractivity contribution in [2.75, 3.05) is 24.7 Å². The number of alkyl halides is 3. The number of benzene rings is 3. The number of rotatable bonds is 5. The minimum absolute atomic E-state index is 0.000885. The van der Waals surface area contributed by atoms with Crippen LogP contribution in [0, 0.1) is 0 Å². The summed E-state index contributed by atoms with van der Waals surface area (Å²) in [6.07, 6.45) is -4.75. The molecule has 0 saturated carbocycles. The zero-order chi connectivity index (χ0) is 23.9. The summed E-state index contributed by atoms with van der Waals surface area (Å²) < 4.78 is 57.8. The lowest BCUT2D eigenvalue weighted by molar-refractivity contribution is -0.137. The smallest absolute Gasteiger partial charge is 0.416 e. The number of aromatic nitrogens is 2. The third-order valence-electron chi connectivity index (χ3n) is 5.26. The fraction of sp³-hybridized carbons (Fsp3) is 0.167. The molecule has 1 saturated heterocycles. The van der Waals surface area contributed by atoms with Gasteiger partial charge in [-0.2, -0.15) is 18.2 Å². The van der Waals surface area contributed by atoms with Crippen molar-refractivity contribution in [3.05, 3.63) is 66.2 Å². The first-order valence-corrected chi connectivity index (χ1v) is 10.3. The van der Waals surface area contributed by atoms with Gasteiger partial charge in [0.2, 0.25) is 5.95 Å². The van der Waals surface area contributed by atoms with Crippen LogP contribution in [0.15, 0.2) is 60.7 Å². The fourth-order valence-corrected chi connectivity index (χ4v) is 3.62. The Bertz CT molecular complexity index is 1360. The van der Waals surface area contributed by atoms with E-state index in [1.165, 1.54) is 12.1 Å². The van der Waals surface area contributed by atoms with E-state index >= 15 is 0 Å². The minimum atomic E-state index is -4.55. The number of nitrogens with two attached hydrogens (primary N) is 2. The van der Waals surface area contributed by atoms with Crippen LogP contribution in [0.2, 0.25) is 0 Å². The molecule has 0 aliphatic carbocycles. The maximum absolute atomic E-state index is 13.6. The van der Waals surface area contributed by atoms with E-state index in [0.29, 0.717) is 41.0 Å². The molecule has 1 fully saturated rings. The summed E-state index contributed by atoms with van der Waals surface area (Å²) >= 11 is 0. The first-order chi connectivity index (χ1) is 16.3. The first kappa shape index (κ1) is 21.8. The van der Waals surface area contributed by atoms with Gasteiger partial charge in [0.05, 0.1) is 29.7 Å². The molecule has 4 aromatic rings. The lowest BCUT2D eigenvalue weighted by atomic mass is 10.0.